The van der Waals surface area contributed by atoms with Gasteiger partial charge in [0.15, 0.2) is 0 Å². The molecule has 16 heavy (non-hydrogen) atoms. The van der Waals surface area contributed by atoms with E-state index < -0.39 is 9.84 Å². The van der Waals surface area contributed by atoms with E-state index in [1.54, 1.807) is 0 Å². The van der Waals surface area contributed by atoms with Gasteiger partial charge in [0.25, 0.3) is 0 Å². The maximum Gasteiger partial charge on any atom is 0.147 e. The number of nitrogens with zero attached hydrogens (tertiary/aromatic N) is 1. The molecule has 0 saturated carbocycles. The molecule has 1 aliphatic rings. The Labute approximate surface area is 97.0 Å². The van der Waals surface area contributed by atoms with Crippen molar-refractivity contribution in [1.82, 2.24) is 10.3 Å². The Morgan fingerprint density at radius 2 is 2.31 bits per heavy atom. The summed E-state index contributed by atoms with van der Waals surface area (Å²) >= 11 is 0. The highest BCUT2D eigenvalue weighted by Gasteiger charge is 2.26. The molecule has 1 fully saturated rings. The van der Waals surface area contributed by atoms with Crippen LogP contribution in [0.1, 0.15) is 6.42 Å². The molecule has 0 aromatic rings. The van der Waals surface area contributed by atoms with Gasteiger partial charge in [0.1, 0.15) is 9.84 Å². The van der Waals surface area contributed by atoms with Crippen LogP contribution in [0.4, 0.5) is 0 Å². The fraction of sp³-hybridized carbons (Fsp3) is 1.00. The molecule has 1 aliphatic heterocycles. The number of rotatable bonds is 5. The normalized spacial score (nSPS) is 25.6. The molecular formula is C9H21N3O3S. The Bertz CT molecular complexity index is 307. The lowest BCUT2D eigenvalue weighted by Gasteiger charge is -2.34. The Balaban J connectivity index is 2.46. The first-order chi connectivity index (χ1) is 7.42. The summed E-state index contributed by atoms with van der Waals surface area (Å²) in [5.74, 6) is 5.57. The van der Waals surface area contributed by atoms with E-state index in [-0.39, 0.29) is 17.9 Å². The van der Waals surface area contributed by atoms with E-state index in [0.29, 0.717) is 13.0 Å². The summed E-state index contributed by atoms with van der Waals surface area (Å²) in [6.07, 6.45) is 1.67. The van der Waals surface area contributed by atoms with Gasteiger partial charge in [-0.1, -0.05) is 0 Å². The fourth-order valence-corrected chi connectivity index (χ4v) is 2.45. The number of likely N-dealkylation sites (N-methyl/N-ethyl adjacent to an activating group) is 1. The summed E-state index contributed by atoms with van der Waals surface area (Å²) in [4.78, 5) is 2.15. The Kier molecular flexibility index (Phi) is 5.13. The molecule has 0 aliphatic carbocycles. The minimum Gasteiger partial charge on any atom is -0.374 e. The van der Waals surface area contributed by atoms with E-state index in [1.165, 1.54) is 6.26 Å². The number of ether oxygens (including phenoxy) is 1. The van der Waals surface area contributed by atoms with Gasteiger partial charge >= 0.3 is 0 Å². The highest BCUT2D eigenvalue weighted by Crippen LogP contribution is 2.10. The third-order valence-electron chi connectivity index (χ3n) is 2.76. The number of hydrazine groups is 1. The predicted octanol–water partition coefficient (Wildman–Crippen LogP) is -1.42. The van der Waals surface area contributed by atoms with Crippen molar-refractivity contribution in [1.29, 1.82) is 0 Å². The van der Waals surface area contributed by atoms with Gasteiger partial charge < -0.3 is 9.64 Å². The van der Waals surface area contributed by atoms with Crippen molar-refractivity contribution in [3.05, 3.63) is 0 Å². The van der Waals surface area contributed by atoms with Gasteiger partial charge in [0.2, 0.25) is 0 Å². The molecule has 2 unspecified atom stereocenters. The summed E-state index contributed by atoms with van der Waals surface area (Å²) < 4.78 is 27.7. The third-order valence-corrected chi connectivity index (χ3v) is 3.74. The number of hydrogen-bond donors (Lipinski definition) is 2. The van der Waals surface area contributed by atoms with Crippen LogP contribution in [0.25, 0.3) is 0 Å². The van der Waals surface area contributed by atoms with E-state index in [0.717, 1.165) is 13.1 Å². The van der Waals surface area contributed by atoms with Crippen molar-refractivity contribution in [3.63, 3.8) is 0 Å². The largest absolute Gasteiger partial charge is 0.374 e. The SMILES string of the molecule is CN1CCOC(C(CCS(C)(=O)=O)NN)C1. The van der Waals surface area contributed by atoms with Gasteiger partial charge in [-0.2, -0.15) is 0 Å². The second-order valence-corrected chi connectivity index (χ2v) is 6.62. The van der Waals surface area contributed by atoms with Gasteiger partial charge in [-0.15, -0.1) is 0 Å². The first kappa shape index (κ1) is 13.9. The summed E-state index contributed by atoms with van der Waals surface area (Å²) in [6.45, 7) is 2.34. The van der Waals surface area contributed by atoms with Crippen LogP contribution < -0.4 is 11.3 Å². The van der Waals surface area contributed by atoms with Crippen molar-refractivity contribution >= 4 is 9.84 Å². The van der Waals surface area contributed by atoms with Crippen molar-refractivity contribution in [2.45, 2.75) is 18.6 Å². The van der Waals surface area contributed by atoms with Crippen molar-refractivity contribution in [2.75, 3.05) is 38.8 Å². The number of hydrogen-bond acceptors (Lipinski definition) is 6. The smallest absolute Gasteiger partial charge is 0.147 e. The first-order valence-corrected chi connectivity index (χ1v) is 7.42. The van der Waals surface area contributed by atoms with Crippen molar-refractivity contribution in [3.8, 4) is 0 Å². The topological polar surface area (TPSA) is 84.7 Å². The van der Waals surface area contributed by atoms with E-state index in [4.69, 9.17) is 10.6 Å². The molecule has 0 aromatic carbocycles. The lowest BCUT2D eigenvalue weighted by atomic mass is 10.1. The highest BCUT2D eigenvalue weighted by molar-refractivity contribution is 7.90. The number of nitrogens with two attached hydrogens (primary N) is 1. The molecule has 6 nitrogen and oxygen atoms in total. The number of nitrogens with one attached hydrogen (secondary N) is 1. The maximum atomic E-state index is 11.1. The molecule has 96 valence electrons. The average Bonchev–Trinajstić information content (AvgIpc) is 2.17. The first-order valence-electron chi connectivity index (χ1n) is 5.36. The van der Waals surface area contributed by atoms with Crippen LogP contribution in [0, 0.1) is 0 Å². The third kappa shape index (κ3) is 4.75. The second kappa shape index (κ2) is 5.92. The zero-order valence-corrected chi connectivity index (χ0v) is 10.7. The Hall–Kier alpha value is -0.210. The van der Waals surface area contributed by atoms with Crippen molar-refractivity contribution < 1.29 is 13.2 Å². The van der Waals surface area contributed by atoms with Crippen LogP contribution in [0.15, 0.2) is 0 Å². The summed E-state index contributed by atoms with van der Waals surface area (Å²) in [5, 5.41) is 0. The van der Waals surface area contributed by atoms with E-state index in [9.17, 15) is 8.42 Å². The Morgan fingerprint density at radius 3 is 2.81 bits per heavy atom. The van der Waals surface area contributed by atoms with Gasteiger partial charge in [0, 0.05) is 25.4 Å². The predicted molar refractivity (Wildman–Crippen MR) is 62.7 cm³/mol. The lowest BCUT2D eigenvalue weighted by Crippen LogP contribution is -2.53. The molecule has 7 heteroatoms. The van der Waals surface area contributed by atoms with Gasteiger partial charge in [0.05, 0.1) is 18.5 Å². The summed E-state index contributed by atoms with van der Waals surface area (Å²) in [6, 6.07) is -0.113. The zero-order valence-electron chi connectivity index (χ0n) is 9.85. The Morgan fingerprint density at radius 1 is 1.62 bits per heavy atom. The molecule has 2 atom stereocenters. The molecule has 0 spiro atoms. The molecule has 1 rings (SSSR count). The van der Waals surface area contributed by atoms with E-state index >= 15 is 0 Å². The monoisotopic (exact) mass is 251 g/mol. The highest BCUT2D eigenvalue weighted by atomic mass is 32.2. The molecule has 0 amide bonds. The van der Waals surface area contributed by atoms with Crippen LogP contribution in [0.2, 0.25) is 0 Å². The summed E-state index contributed by atoms with van der Waals surface area (Å²) in [5.41, 5.74) is 2.65. The molecule has 0 radical (unpaired) electrons. The molecule has 0 bridgehead atoms. The molecule has 1 saturated heterocycles. The van der Waals surface area contributed by atoms with Crippen molar-refractivity contribution in [2.24, 2.45) is 5.84 Å². The van der Waals surface area contributed by atoms with Gasteiger partial charge in [-0.05, 0) is 13.5 Å². The van der Waals surface area contributed by atoms with Gasteiger partial charge in [-0.25, -0.2) is 8.42 Å². The lowest BCUT2D eigenvalue weighted by molar-refractivity contribution is -0.0389. The average molecular weight is 251 g/mol. The zero-order chi connectivity index (χ0) is 12.2. The number of morpholine rings is 1. The quantitative estimate of drug-likeness (QED) is 0.461. The van der Waals surface area contributed by atoms with Crippen LogP contribution in [-0.2, 0) is 14.6 Å². The fourth-order valence-electron chi connectivity index (χ4n) is 1.77. The molecule has 0 aromatic heterocycles. The molecular weight excluding hydrogens is 230 g/mol. The number of sulfone groups is 1. The summed E-state index contributed by atoms with van der Waals surface area (Å²) in [7, 11) is -0.933. The van der Waals surface area contributed by atoms with Crippen LogP contribution in [0.5, 0.6) is 0 Å². The standard InChI is InChI=1S/C9H21N3O3S/c1-12-4-5-15-9(7-12)8(11-10)3-6-16(2,13)14/h8-9,11H,3-7,10H2,1-2H3. The molecule has 3 N–H and O–H groups in total. The minimum absolute atomic E-state index is 0.0366. The van der Waals surface area contributed by atoms with Crippen LogP contribution in [0.3, 0.4) is 0 Å². The van der Waals surface area contributed by atoms with E-state index in [1.807, 2.05) is 7.05 Å². The minimum atomic E-state index is -2.95. The maximum absolute atomic E-state index is 11.1. The van der Waals surface area contributed by atoms with Gasteiger partial charge in [-0.3, -0.25) is 11.3 Å². The van der Waals surface area contributed by atoms with E-state index in [2.05, 4.69) is 10.3 Å². The molecule has 1 heterocycles. The second-order valence-electron chi connectivity index (χ2n) is 4.36. The van der Waals surface area contributed by atoms with Crippen LogP contribution >= 0.6 is 0 Å². The van der Waals surface area contributed by atoms with Crippen LogP contribution in [-0.4, -0.2) is 64.2 Å².